The topological polar surface area (TPSA) is 30.5 Å². The zero-order valence-electron chi connectivity index (χ0n) is 15.3. The van der Waals surface area contributed by atoms with Gasteiger partial charge < -0.3 is 0 Å². The Hall–Kier alpha value is 0.741. The van der Waals surface area contributed by atoms with Crippen LogP contribution in [-0.4, -0.2) is 25.8 Å². The van der Waals surface area contributed by atoms with Crippen LogP contribution in [0.3, 0.4) is 0 Å². The van der Waals surface area contributed by atoms with Crippen molar-refractivity contribution in [1.82, 2.24) is 3.80 Å². The third-order valence-corrected chi connectivity index (χ3v) is 18.8. The fourth-order valence-corrected chi connectivity index (χ4v) is 22.3. The molecule has 0 spiro atoms. The van der Waals surface area contributed by atoms with Gasteiger partial charge in [0.25, 0.3) is 0 Å². The number of nitrogens with one attached hydrogen (secondary N) is 1. The second kappa shape index (κ2) is 6.57. The number of allylic oxidation sites excluding steroid dienone is 4. The van der Waals surface area contributed by atoms with Crippen molar-refractivity contribution in [3.63, 3.8) is 0 Å². The first kappa shape index (κ1) is 25.0. The molecule has 133 valence electrons. The van der Waals surface area contributed by atoms with Crippen LogP contribution >= 0.6 is 24.8 Å². The van der Waals surface area contributed by atoms with Gasteiger partial charge in [-0.15, -0.1) is 24.8 Å². The second-order valence-corrected chi connectivity index (χ2v) is 23.9. The predicted molar refractivity (Wildman–Crippen MR) is 104 cm³/mol. The zero-order chi connectivity index (χ0) is 15.9. The van der Waals surface area contributed by atoms with Crippen LogP contribution in [0.5, 0.6) is 0 Å². The van der Waals surface area contributed by atoms with Crippen LogP contribution in [-0.2, 0) is 20.9 Å². The summed E-state index contributed by atoms with van der Waals surface area (Å²) in [5.41, 5.74) is -0.139. The molecule has 0 aromatic heterocycles. The molecule has 0 aliphatic heterocycles. The summed E-state index contributed by atoms with van der Waals surface area (Å²) in [7, 11) is -0.115. The summed E-state index contributed by atoms with van der Waals surface area (Å²) in [4.78, 5) is 4.66. The molecule has 0 saturated carbocycles. The molecule has 0 heterocycles. The summed E-state index contributed by atoms with van der Waals surface area (Å²) in [5, 5.41) is 2.11. The molecule has 7 heteroatoms. The van der Waals surface area contributed by atoms with Gasteiger partial charge in [0.1, 0.15) is 0 Å². The predicted octanol–water partition coefficient (Wildman–Crippen LogP) is 5.01. The van der Waals surface area contributed by atoms with Gasteiger partial charge in [-0.3, -0.25) is 0 Å². The molecule has 0 aromatic rings. The van der Waals surface area contributed by atoms with E-state index in [1.165, 1.54) is 3.88 Å². The number of rotatable bonds is 5. The van der Waals surface area contributed by atoms with E-state index in [0.717, 1.165) is 6.42 Å². The maximum absolute atomic E-state index is 6.78. The van der Waals surface area contributed by atoms with Crippen molar-refractivity contribution < 1.29 is 20.9 Å². The molecule has 0 radical (unpaired) electrons. The molecule has 1 aliphatic rings. The van der Waals surface area contributed by atoms with Crippen LogP contribution in [0.2, 0.25) is 24.9 Å². The van der Waals surface area contributed by atoms with Gasteiger partial charge in [0.15, 0.2) is 0 Å². The number of halogens is 2. The van der Waals surface area contributed by atoms with Crippen LogP contribution in [0, 0.1) is 0 Å². The first-order valence-corrected chi connectivity index (χ1v) is 16.3. The van der Waals surface area contributed by atoms with E-state index in [9.17, 15) is 0 Å². The van der Waals surface area contributed by atoms with Crippen LogP contribution < -0.4 is 3.80 Å². The quantitative estimate of drug-likeness (QED) is 0.650. The Morgan fingerprint density at radius 2 is 1.73 bits per heavy atom. The Kier molecular flexibility index (Phi) is 7.46. The summed E-state index contributed by atoms with van der Waals surface area (Å²) in [6.07, 6.45) is 7.20. The summed E-state index contributed by atoms with van der Waals surface area (Å²) in [6.45, 7) is 13.0. The van der Waals surface area contributed by atoms with Gasteiger partial charge in [-0.25, -0.2) is 0 Å². The zero-order valence-corrected chi connectivity index (χ0v) is 19.5. The molecular weight excluding hydrogens is 373 g/mol. The first-order valence-electron chi connectivity index (χ1n) is 7.34. The molecular formula is C15H34Cl2NO2SiTi. The van der Waals surface area contributed by atoms with Crippen molar-refractivity contribution in [3.05, 3.63) is 22.1 Å². The van der Waals surface area contributed by atoms with Crippen molar-refractivity contribution in [1.29, 1.82) is 0 Å². The van der Waals surface area contributed by atoms with E-state index in [-0.39, 0.29) is 30.4 Å². The molecule has 22 heavy (non-hydrogen) atoms. The van der Waals surface area contributed by atoms with E-state index >= 15 is 0 Å². The summed E-state index contributed by atoms with van der Waals surface area (Å²) in [5.74, 6) is 0. The number of hydrogen-bond acceptors (Lipinski definition) is 3. The molecule has 0 bridgehead atoms. The molecule has 0 unspecified atom stereocenters. The van der Waals surface area contributed by atoms with Crippen molar-refractivity contribution >= 4 is 37.9 Å². The molecule has 0 aromatic carbocycles. The standard InChI is InChI=1S/C5H5.C4H10N.C3H9OSi.CH3O.CH3.CH2.2ClH.Ti/c1-2-4-5-3-1;1-4(2,3)5;1-5(2,3)4;1-2;;;;;/h1-3H,4H2;5H,1-3H3;1-3H3;1H3;1H3;1H2;2*1H;/q;3*-1;;;;;+3. The van der Waals surface area contributed by atoms with Gasteiger partial charge in [0.2, 0.25) is 0 Å². The van der Waals surface area contributed by atoms with Gasteiger partial charge >= 0.3 is 125 Å². The van der Waals surface area contributed by atoms with Gasteiger partial charge in [0.05, 0.1) is 0 Å². The van der Waals surface area contributed by atoms with Gasteiger partial charge in [-0.2, -0.15) is 0 Å². The minimum atomic E-state index is -4.68. The normalized spacial score (nSPS) is 18.6. The summed E-state index contributed by atoms with van der Waals surface area (Å²) >= 11 is -4.68. The first-order chi connectivity index (χ1) is 8.65. The molecule has 0 atom stereocenters. The minimum absolute atomic E-state index is 0. The van der Waals surface area contributed by atoms with Crippen LogP contribution in [0.1, 0.15) is 27.2 Å². The number of hydrogen-bond donors (Lipinski definition) is 1. The van der Waals surface area contributed by atoms with Crippen LogP contribution in [0.25, 0.3) is 0 Å². The van der Waals surface area contributed by atoms with Crippen LogP contribution in [0.15, 0.2) is 22.1 Å². The van der Waals surface area contributed by atoms with Crippen molar-refractivity contribution in [2.24, 2.45) is 0 Å². The van der Waals surface area contributed by atoms with Gasteiger partial charge in [-0.05, 0) is 0 Å². The fourth-order valence-electron chi connectivity index (χ4n) is 3.49. The van der Waals surface area contributed by atoms with E-state index in [4.69, 9.17) is 6.33 Å². The second-order valence-electron chi connectivity index (χ2n) is 8.64. The van der Waals surface area contributed by atoms with E-state index in [1.807, 2.05) is 0 Å². The average molecular weight is 407 g/mol. The Labute approximate surface area is 149 Å². The molecule has 0 amide bonds. The van der Waals surface area contributed by atoms with Crippen molar-refractivity contribution in [2.45, 2.75) is 57.6 Å². The van der Waals surface area contributed by atoms with Gasteiger partial charge in [-0.1, -0.05) is 0 Å². The summed E-state index contributed by atoms with van der Waals surface area (Å²) in [6, 6.07) is 0. The van der Waals surface area contributed by atoms with E-state index in [1.54, 1.807) is 7.11 Å². The fraction of sp³-hybridized carbons (Fsp3) is 0.667. The third kappa shape index (κ3) is 5.39. The van der Waals surface area contributed by atoms with Crippen molar-refractivity contribution in [3.8, 4) is 0 Å². The van der Waals surface area contributed by atoms with Gasteiger partial charge in [0, 0.05) is 0 Å². The van der Waals surface area contributed by atoms with E-state index in [0.29, 0.717) is 0 Å². The molecule has 0 fully saturated rings. The summed E-state index contributed by atoms with van der Waals surface area (Å²) < 4.78 is 17.9. The third-order valence-electron chi connectivity index (χ3n) is 3.76. The Morgan fingerprint density at radius 1 is 1.23 bits per heavy atom. The molecule has 1 N–H and O–H groups in total. The van der Waals surface area contributed by atoms with Crippen molar-refractivity contribution in [2.75, 3.05) is 7.11 Å². The molecule has 3 nitrogen and oxygen atoms in total. The molecule has 0 saturated heterocycles. The monoisotopic (exact) mass is 406 g/mol. The van der Waals surface area contributed by atoms with E-state index in [2.05, 4.69) is 72.5 Å². The Balaban J connectivity index is 0. The van der Waals surface area contributed by atoms with Crippen LogP contribution in [0.4, 0.5) is 0 Å². The SMILES string of the molecule is Cl.Cl.[CH2]=[Ti]([CH3])([NH]C(C)(C)C)([O]C)([O][Si](C)(C)C)[C]1=CC=CC1. The average Bonchev–Trinajstić information content (AvgIpc) is 2.64. The Bertz CT molecular complexity index is 537. The maximum atomic E-state index is 6.78. The van der Waals surface area contributed by atoms with E-state index < -0.39 is 22.9 Å². The molecule has 1 aliphatic carbocycles. The Morgan fingerprint density at radius 3 is 2.00 bits per heavy atom. The molecule has 1 rings (SSSR count).